The zero-order valence-electron chi connectivity index (χ0n) is 7.85. The number of carbonyl (C=O) groups is 2. The van der Waals surface area contributed by atoms with Crippen molar-refractivity contribution in [3.63, 3.8) is 0 Å². The van der Waals surface area contributed by atoms with Crippen molar-refractivity contribution >= 4 is 12.2 Å². The highest BCUT2D eigenvalue weighted by Crippen LogP contribution is 2.12. The predicted molar refractivity (Wildman–Crippen MR) is 49.0 cm³/mol. The van der Waals surface area contributed by atoms with E-state index < -0.39 is 11.9 Å². The standard InChI is InChI=1S/C8H15N3O3/c9-8(14)7(5-13)10-11-3-1-2-6(11)4-12/h4,6-7,10,13H,1-3,5H2,(H2,9,14)/t6-,7-/m0/s1. The average molecular weight is 201 g/mol. The maximum absolute atomic E-state index is 10.8. The van der Waals surface area contributed by atoms with Gasteiger partial charge in [0, 0.05) is 6.54 Å². The Morgan fingerprint density at radius 3 is 3.00 bits per heavy atom. The summed E-state index contributed by atoms with van der Waals surface area (Å²) in [6, 6.07) is -1.03. The summed E-state index contributed by atoms with van der Waals surface area (Å²) in [6.07, 6.45) is 2.50. The molecule has 4 N–H and O–H groups in total. The predicted octanol–water partition coefficient (Wildman–Crippen LogP) is -2.00. The Morgan fingerprint density at radius 1 is 1.79 bits per heavy atom. The van der Waals surface area contributed by atoms with E-state index in [-0.39, 0.29) is 12.6 Å². The van der Waals surface area contributed by atoms with Crippen LogP contribution in [-0.2, 0) is 9.59 Å². The average Bonchev–Trinajstić information content (AvgIpc) is 2.60. The molecule has 1 aliphatic heterocycles. The Kier molecular flexibility index (Phi) is 3.99. The molecule has 0 saturated carbocycles. The number of aliphatic hydroxyl groups is 1. The van der Waals surface area contributed by atoms with Gasteiger partial charge in [-0.3, -0.25) is 4.79 Å². The first kappa shape index (κ1) is 11.1. The second kappa shape index (κ2) is 5.04. The second-order valence-corrected chi connectivity index (χ2v) is 3.31. The van der Waals surface area contributed by atoms with Gasteiger partial charge < -0.3 is 15.6 Å². The molecule has 1 heterocycles. The van der Waals surface area contributed by atoms with E-state index >= 15 is 0 Å². The van der Waals surface area contributed by atoms with Crippen molar-refractivity contribution in [2.24, 2.45) is 5.73 Å². The van der Waals surface area contributed by atoms with E-state index in [0.29, 0.717) is 6.54 Å². The molecule has 0 aromatic rings. The third-order valence-electron chi connectivity index (χ3n) is 2.30. The topological polar surface area (TPSA) is 95.7 Å². The molecule has 80 valence electrons. The van der Waals surface area contributed by atoms with Crippen LogP contribution in [0.15, 0.2) is 0 Å². The van der Waals surface area contributed by atoms with E-state index in [4.69, 9.17) is 10.8 Å². The molecule has 0 unspecified atom stereocenters. The van der Waals surface area contributed by atoms with Crippen molar-refractivity contribution < 1.29 is 14.7 Å². The fourth-order valence-corrected chi connectivity index (χ4v) is 1.49. The zero-order chi connectivity index (χ0) is 10.6. The summed E-state index contributed by atoms with van der Waals surface area (Å²) >= 11 is 0. The molecule has 2 atom stereocenters. The molecule has 0 radical (unpaired) electrons. The molecule has 1 saturated heterocycles. The van der Waals surface area contributed by atoms with Crippen LogP contribution in [0.1, 0.15) is 12.8 Å². The van der Waals surface area contributed by atoms with Crippen molar-refractivity contribution in [1.29, 1.82) is 0 Å². The van der Waals surface area contributed by atoms with Gasteiger partial charge in [-0.05, 0) is 12.8 Å². The fourth-order valence-electron chi connectivity index (χ4n) is 1.49. The summed E-state index contributed by atoms with van der Waals surface area (Å²) in [4.78, 5) is 21.4. The van der Waals surface area contributed by atoms with Crippen LogP contribution in [0.4, 0.5) is 0 Å². The minimum Gasteiger partial charge on any atom is -0.394 e. The normalized spacial score (nSPS) is 24.8. The number of carbonyl (C=O) groups excluding carboxylic acids is 2. The van der Waals surface area contributed by atoms with E-state index in [0.717, 1.165) is 19.1 Å². The highest BCUT2D eigenvalue weighted by molar-refractivity contribution is 5.79. The first-order chi connectivity index (χ1) is 6.69. The molecule has 0 aliphatic carbocycles. The number of amides is 1. The second-order valence-electron chi connectivity index (χ2n) is 3.31. The minimum atomic E-state index is -0.810. The quantitative estimate of drug-likeness (QED) is 0.447. The summed E-state index contributed by atoms with van der Waals surface area (Å²) in [7, 11) is 0. The Morgan fingerprint density at radius 2 is 2.50 bits per heavy atom. The number of hydrogen-bond donors (Lipinski definition) is 3. The lowest BCUT2D eigenvalue weighted by Crippen LogP contribution is -2.54. The number of nitrogens with zero attached hydrogens (tertiary/aromatic N) is 1. The van der Waals surface area contributed by atoms with Crippen LogP contribution >= 0.6 is 0 Å². The molecule has 14 heavy (non-hydrogen) atoms. The van der Waals surface area contributed by atoms with Gasteiger partial charge in [-0.1, -0.05) is 0 Å². The molecule has 1 rings (SSSR count). The molecule has 1 fully saturated rings. The van der Waals surface area contributed by atoms with Gasteiger partial charge in [-0.2, -0.15) is 0 Å². The number of rotatable bonds is 5. The first-order valence-corrected chi connectivity index (χ1v) is 4.57. The minimum absolute atomic E-state index is 0.219. The third-order valence-corrected chi connectivity index (χ3v) is 2.30. The Balaban J connectivity index is 2.49. The molecule has 0 spiro atoms. The highest BCUT2D eigenvalue weighted by atomic mass is 16.3. The number of aliphatic hydroxyl groups excluding tert-OH is 1. The van der Waals surface area contributed by atoms with Crippen LogP contribution in [0.5, 0.6) is 0 Å². The van der Waals surface area contributed by atoms with E-state index in [1.807, 2.05) is 0 Å². The van der Waals surface area contributed by atoms with Crippen molar-refractivity contribution in [2.45, 2.75) is 24.9 Å². The van der Waals surface area contributed by atoms with Crippen molar-refractivity contribution in [2.75, 3.05) is 13.2 Å². The summed E-state index contributed by atoms with van der Waals surface area (Å²) in [5.41, 5.74) is 7.78. The molecular formula is C8H15N3O3. The zero-order valence-corrected chi connectivity index (χ0v) is 7.85. The van der Waals surface area contributed by atoms with Crippen LogP contribution < -0.4 is 11.2 Å². The van der Waals surface area contributed by atoms with Gasteiger partial charge >= 0.3 is 0 Å². The smallest absolute Gasteiger partial charge is 0.238 e. The maximum atomic E-state index is 10.8. The molecular weight excluding hydrogens is 186 g/mol. The Labute approximate surface area is 82.0 Å². The third kappa shape index (κ3) is 2.50. The summed E-state index contributed by atoms with van der Waals surface area (Å²) in [5, 5.41) is 10.5. The number of hydrazine groups is 1. The molecule has 1 amide bonds. The summed E-state index contributed by atoms with van der Waals surface area (Å²) < 4.78 is 0. The molecule has 1 aliphatic rings. The van der Waals surface area contributed by atoms with E-state index in [2.05, 4.69) is 5.43 Å². The maximum Gasteiger partial charge on any atom is 0.238 e. The first-order valence-electron chi connectivity index (χ1n) is 4.57. The lowest BCUT2D eigenvalue weighted by atomic mass is 10.2. The van der Waals surface area contributed by atoms with E-state index in [1.54, 1.807) is 5.01 Å². The number of nitrogens with two attached hydrogens (primary N) is 1. The monoisotopic (exact) mass is 201 g/mol. The number of hydrogen-bond acceptors (Lipinski definition) is 5. The number of aldehydes is 1. The van der Waals surface area contributed by atoms with Crippen molar-refractivity contribution in [3.8, 4) is 0 Å². The van der Waals surface area contributed by atoms with Crippen molar-refractivity contribution in [3.05, 3.63) is 0 Å². The molecule has 6 nitrogen and oxygen atoms in total. The molecule has 0 aromatic heterocycles. The van der Waals surface area contributed by atoms with E-state index in [1.165, 1.54) is 0 Å². The molecule has 0 aromatic carbocycles. The van der Waals surface area contributed by atoms with Gasteiger partial charge in [0.05, 0.1) is 12.6 Å². The molecule has 6 heteroatoms. The van der Waals surface area contributed by atoms with Gasteiger partial charge in [0.25, 0.3) is 0 Å². The number of primary amides is 1. The van der Waals surface area contributed by atoms with Crippen LogP contribution in [0.25, 0.3) is 0 Å². The Hall–Kier alpha value is -0.980. The van der Waals surface area contributed by atoms with Crippen LogP contribution in [0.2, 0.25) is 0 Å². The van der Waals surface area contributed by atoms with Gasteiger partial charge in [-0.15, -0.1) is 0 Å². The molecule has 0 bridgehead atoms. The van der Waals surface area contributed by atoms with Gasteiger partial charge in [0.15, 0.2) is 0 Å². The lowest BCUT2D eigenvalue weighted by Gasteiger charge is -2.24. The van der Waals surface area contributed by atoms with Crippen LogP contribution in [-0.4, -0.2) is 47.5 Å². The highest BCUT2D eigenvalue weighted by Gasteiger charge is 2.27. The number of nitrogens with one attached hydrogen (secondary N) is 1. The van der Waals surface area contributed by atoms with Crippen molar-refractivity contribution in [1.82, 2.24) is 10.4 Å². The van der Waals surface area contributed by atoms with Crippen LogP contribution in [0, 0.1) is 0 Å². The largest absolute Gasteiger partial charge is 0.394 e. The van der Waals surface area contributed by atoms with E-state index in [9.17, 15) is 9.59 Å². The van der Waals surface area contributed by atoms with Gasteiger partial charge in [-0.25, -0.2) is 10.4 Å². The lowest BCUT2D eigenvalue weighted by molar-refractivity contribution is -0.124. The van der Waals surface area contributed by atoms with Gasteiger partial charge in [0.1, 0.15) is 12.3 Å². The summed E-state index contributed by atoms with van der Waals surface area (Å²) in [6.45, 7) is 0.324. The SMILES string of the molecule is NC(=O)[C@H](CO)NN1CCC[C@H]1C=O. The Bertz CT molecular complexity index is 222. The van der Waals surface area contributed by atoms with Gasteiger partial charge in [0.2, 0.25) is 5.91 Å². The summed E-state index contributed by atoms with van der Waals surface area (Å²) in [5.74, 6) is -0.621. The fraction of sp³-hybridized carbons (Fsp3) is 0.750. The van der Waals surface area contributed by atoms with Crippen LogP contribution in [0.3, 0.4) is 0 Å².